The number of hydrogen-bond acceptors (Lipinski definition) is 3. The Morgan fingerprint density at radius 3 is 2.28 bits per heavy atom. The molecule has 0 aliphatic heterocycles. The zero-order valence-corrected chi connectivity index (χ0v) is 18.0. The lowest BCUT2D eigenvalue weighted by atomic mass is 9.92. The minimum absolute atomic E-state index is 0.0528. The summed E-state index contributed by atoms with van der Waals surface area (Å²) in [6.07, 6.45) is 5.04. The molecule has 2 aromatic carbocycles. The molecule has 0 aromatic heterocycles. The first kappa shape index (κ1) is 21.2. The van der Waals surface area contributed by atoms with Crippen LogP contribution in [-0.2, 0) is 17.6 Å². The van der Waals surface area contributed by atoms with Gasteiger partial charge in [0.2, 0.25) is 0 Å². The molecule has 0 saturated carbocycles. The predicted molar refractivity (Wildman–Crippen MR) is 117 cm³/mol. The van der Waals surface area contributed by atoms with Crippen LogP contribution in [-0.4, -0.2) is 19.1 Å². The average molecular weight is 396 g/mol. The summed E-state index contributed by atoms with van der Waals surface area (Å²) in [4.78, 5) is 12.9. The highest BCUT2D eigenvalue weighted by atomic mass is 16.5. The molecule has 0 bridgehead atoms. The molecule has 4 nitrogen and oxygen atoms in total. The minimum atomic E-state index is -0.551. The Kier molecular flexibility index (Phi) is 7.18. The van der Waals surface area contributed by atoms with Crippen molar-refractivity contribution in [1.82, 2.24) is 5.32 Å². The predicted octanol–water partition coefficient (Wildman–Crippen LogP) is 5.24. The summed E-state index contributed by atoms with van der Waals surface area (Å²) in [5.41, 5.74) is 3.85. The molecule has 4 heteroatoms. The van der Waals surface area contributed by atoms with E-state index in [0.29, 0.717) is 5.92 Å². The fraction of sp³-hybridized carbons (Fsp3) is 0.480. The minimum Gasteiger partial charge on any atom is -0.497 e. The Morgan fingerprint density at radius 2 is 1.62 bits per heavy atom. The van der Waals surface area contributed by atoms with Gasteiger partial charge in [0.25, 0.3) is 5.91 Å². The van der Waals surface area contributed by atoms with E-state index in [9.17, 15) is 4.79 Å². The van der Waals surface area contributed by atoms with Gasteiger partial charge in [0.15, 0.2) is 6.10 Å². The Hall–Kier alpha value is -2.49. The van der Waals surface area contributed by atoms with E-state index in [1.165, 1.54) is 24.0 Å². The lowest BCUT2D eigenvalue weighted by molar-refractivity contribution is -0.128. The maximum Gasteiger partial charge on any atom is 0.261 e. The summed E-state index contributed by atoms with van der Waals surface area (Å²) in [5, 5.41) is 3.18. The van der Waals surface area contributed by atoms with Gasteiger partial charge in [-0.15, -0.1) is 0 Å². The van der Waals surface area contributed by atoms with Gasteiger partial charge in [-0.05, 0) is 85.9 Å². The number of benzene rings is 2. The van der Waals surface area contributed by atoms with Gasteiger partial charge < -0.3 is 14.8 Å². The van der Waals surface area contributed by atoms with Crippen LogP contribution in [0.15, 0.2) is 42.5 Å². The van der Waals surface area contributed by atoms with Crippen LogP contribution in [0.1, 0.15) is 62.8 Å². The van der Waals surface area contributed by atoms with Crippen LogP contribution in [0.5, 0.6) is 11.5 Å². The van der Waals surface area contributed by atoms with Crippen LogP contribution in [0, 0.1) is 5.92 Å². The third-order valence-electron chi connectivity index (χ3n) is 5.54. The van der Waals surface area contributed by atoms with Crippen molar-refractivity contribution in [3.8, 4) is 11.5 Å². The molecule has 29 heavy (non-hydrogen) atoms. The molecule has 0 radical (unpaired) electrons. The summed E-state index contributed by atoms with van der Waals surface area (Å²) in [5.74, 6) is 1.95. The van der Waals surface area contributed by atoms with E-state index >= 15 is 0 Å². The van der Waals surface area contributed by atoms with Crippen molar-refractivity contribution < 1.29 is 14.3 Å². The summed E-state index contributed by atoms with van der Waals surface area (Å²) in [6.45, 7) is 6.14. The van der Waals surface area contributed by atoms with Crippen LogP contribution in [0.3, 0.4) is 0 Å². The number of carbonyl (C=O) groups excluding carboxylic acids is 1. The zero-order valence-electron chi connectivity index (χ0n) is 18.0. The molecule has 0 spiro atoms. The average Bonchev–Trinajstić information content (AvgIpc) is 2.73. The molecule has 1 aliphatic rings. The molecule has 1 aliphatic carbocycles. The lowest BCUT2D eigenvalue weighted by Gasteiger charge is -2.24. The number of aryl methyl sites for hydroxylation is 2. The van der Waals surface area contributed by atoms with Crippen molar-refractivity contribution in [2.24, 2.45) is 5.92 Å². The second-order valence-electron chi connectivity index (χ2n) is 8.36. The van der Waals surface area contributed by atoms with Crippen molar-refractivity contribution in [3.63, 3.8) is 0 Å². The van der Waals surface area contributed by atoms with E-state index in [1.807, 2.05) is 37.3 Å². The highest BCUT2D eigenvalue weighted by Gasteiger charge is 2.22. The third kappa shape index (κ3) is 5.75. The summed E-state index contributed by atoms with van der Waals surface area (Å²) >= 11 is 0. The van der Waals surface area contributed by atoms with Gasteiger partial charge in [0, 0.05) is 0 Å². The number of amides is 1. The van der Waals surface area contributed by atoms with E-state index in [4.69, 9.17) is 9.47 Å². The highest BCUT2D eigenvalue weighted by molar-refractivity contribution is 5.81. The van der Waals surface area contributed by atoms with Gasteiger partial charge >= 0.3 is 0 Å². The van der Waals surface area contributed by atoms with Crippen molar-refractivity contribution >= 4 is 5.91 Å². The zero-order chi connectivity index (χ0) is 20.8. The van der Waals surface area contributed by atoms with E-state index in [0.717, 1.165) is 36.3 Å². The number of hydrogen-bond donors (Lipinski definition) is 1. The number of carbonyl (C=O) groups is 1. The fourth-order valence-corrected chi connectivity index (χ4v) is 3.92. The van der Waals surface area contributed by atoms with E-state index in [1.54, 1.807) is 7.11 Å². The Balaban J connectivity index is 1.66. The fourth-order valence-electron chi connectivity index (χ4n) is 3.92. The molecular weight excluding hydrogens is 362 g/mol. The van der Waals surface area contributed by atoms with Crippen LogP contribution < -0.4 is 14.8 Å². The summed E-state index contributed by atoms with van der Waals surface area (Å²) < 4.78 is 11.2. The summed E-state index contributed by atoms with van der Waals surface area (Å²) in [7, 11) is 1.65. The first-order chi connectivity index (χ1) is 14.0. The number of nitrogens with one attached hydrogen (secondary N) is 1. The molecule has 0 fully saturated rings. The van der Waals surface area contributed by atoms with E-state index in [-0.39, 0.29) is 11.9 Å². The smallest absolute Gasteiger partial charge is 0.261 e. The third-order valence-corrected chi connectivity index (χ3v) is 5.54. The van der Waals surface area contributed by atoms with Crippen molar-refractivity contribution in [1.29, 1.82) is 0 Å². The first-order valence-corrected chi connectivity index (χ1v) is 10.7. The van der Waals surface area contributed by atoms with Gasteiger partial charge in [-0.3, -0.25) is 4.79 Å². The Morgan fingerprint density at radius 1 is 0.966 bits per heavy atom. The standard InChI is InChI=1S/C25H33NO3/c1-17(2)15-24(20-10-12-22(28-4)13-11-20)26-25(27)18(3)29-23-14-9-19-7-5-6-8-21(19)16-23/h9-14,16-18,24H,5-8,15H2,1-4H3,(H,26,27)/t18-,24+/m1/s1. The number of fused-ring (bicyclic) bond motifs is 1. The molecule has 1 amide bonds. The quantitative estimate of drug-likeness (QED) is 0.664. The number of rotatable bonds is 8. The molecule has 0 heterocycles. The normalized spacial score (nSPS) is 15.3. The van der Waals surface area contributed by atoms with Gasteiger partial charge in [-0.25, -0.2) is 0 Å². The molecule has 2 aromatic rings. The second kappa shape index (κ2) is 9.82. The van der Waals surface area contributed by atoms with Crippen LogP contribution in [0.2, 0.25) is 0 Å². The molecule has 0 saturated heterocycles. The van der Waals surface area contributed by atoms with Crippen molar-refractivity contribution in [2.75, 3.05) is 7.11 Å². The maximum atomic E-state index is 12.9. The topological polar surface area (TPSA) is 47.6 Å². The first-order valence-electron chi connectivity index (χ1n) is 10.7. The lowest BCUT2D eigenvalue weighted by Crippen LogP contribution is -2.39. The molecule has 156 valence electrons. The molecule has 0 unspecified atom stereocenters. The molecule has 2 atom stereocenters. The van der Waals surface area contributed by atoms with Crippen molar-refractivity contribution in [2.45, 2.75) is 65.0 Å². The highest BCUT2D eigenvalue weighted by Crippen LogP contribution is 2.27. The SMILES string of the molecule is COc1ccc([C@H](CC(C)C)NC(=O)[C@@H](C)Oc2ccc3c(c2)CCCC3)cc1. The second-order valence-corrected chi connectivity index (χ2v) is 8.36. The molecule has 3 rings (SSSR count). The van der Waals surface area contributed by atoms with Crippen molar-refractivity contribution in [3.05, 3.63) is 59.2 Å². The van der Waals surface area contributed by atoms with E-state index in [2.05, 4.69) is 31.3 Å². The molecular formula is C25H33NO3. The molecule has 1 N–H and O–H groups in total. The Bertz CT molecular complexity index is 813. The summed E-state index contributed by atoms with van der Waals surface area (Å²) in [6, 6.07) is 14.1. The maximum absolute atomic E-state index is 12.9. The number of methoxy groups -OCH3 is 1. The largest absolute Gasteiger partial charge is 0.497 e. The monoisotopic (exact) mass is 395 g/mol. The van der Waals surface area contributed by atoms with Gasteiger partial charge in [0.1, 0.15) is 11.5 Å². The van der Waals surface area contributed by atoms with Crippen LogP contribution in [0.4, 0.5) is 0 Å². The Labute approximate surface area is 174 Å². The van der Waals surface area contributed by atoms with Gasteiger partial charge in [0.05, 0.1) is 13.2 Å². The van der Waals surface area contributed by atoms with Gasteiger partial charge in [-0.1, -0.05) is 32.0 Å². The van der Waals surface area contributed by atoms with E-state index < -0.39 is 6.10 Å². The van der Waals surface area contributed by atoms with Crippen LogP contribution >= 0.6 is 0 Å². The van der Waals surface area contributed by atoms with Crippen LogP contribution in [0.25, 0.3) is 0 Å². The number of ether oxygens (including phenoxy) is 2. The van der Waals surface area contributed by atoms with Gasteiger partial charge in [-0.2, -0.15) is 0 Å².